The smallest absolute Gasteiger partial charge is 0.337 e. The molecule has 206 valence electrons. The molecule has 0 bridgehead atoms. The molecule has 0 saturated heterocycles. The Labute approximate surface area is 232 Å². The summed E-state index contributed by atoms with van der Waals surface area (Å²) in [6.07, 6.45) is 0. The number of sulfonamides is 2. The second-order valence-electron chi connectivity index (χ2n) is 8.42. The van der Waals surface area contributed by atoms with Gasteiger partial charge in [-0.3, -0.25) is 9.10 Å². The van der Waals surface area contributed by atoms with Crippen LogP contribution in [0.15, 0.2) is 119 Å². The molecule has 0 heterocycles. The summed E-state index contributed by atoms with van der Waals surface area (Å²) in [6, 6.07) is 27.0. The van der Waals surface area contributed by atoms with Crippen LogP contribution in [0, 0.1) is 0 Å². The van der Waals surface area contributed by atoms with Crippen molar-refractivity contribution >= 4 is 43.3 Å². The average Bonchev–Trinajstić information content (AvgIpc) is 2.96. The second-order valence-corrected chi connectivity index (χ2v) is 12.0. The van der Waals surface area contributed by atoms with Gasteiger partial charge in [-0.15, -0.1) is 0 Å². The SMILES string of the molecule is O=C(O)c1ccccc1NC(=O)c1ccccc1S(=O)(=O)N(CCNS(=O)(=O)c1ccccc1)c1ccccc1. The molecule has 0 aliphatic heterocycles. The van der Waals surface area contributed by atoms with Gasteiger partial charge in [-0.2, -0.15) is 0 Å². The van der Waals surface area contributed by atoms with Gasteiger partial charge in [0.25, 0.3) is 15.9 Å². The highest BCUT2D eigenvalue weighted by atomic mass is 32.2. The van der Waals surface area contributed by atoms with Crippen molar-refractivity contribution in [3.05, 3.63) is 120 Å². The molecule has 0 atom stereocenters. The maximum atomic E-state index is 14.0. The van der Waals surface area contributed by atoms with Crippen molar-refractivity contribution in [2.75, 3.05) is 22.7 Å². The Kier molecular flexibility index (Phi) is 8.63. The van der Waals surface area contributed by atoms with E-state index in [1.165, 1.54) is 54.6 Å². The van der Waals surface area contributed by atoms with Crippen LogP contribution in [0.4, 0.5) is 11.4 Å². The Hall–Kier alpha value is -4.52. The van der Waals surface area contributed by atoms with Gasteiger partial charge in [0, 0.05) is 13.1 Å². The average molecular weight is 580 g/mol. The van der Waals surface area contributed by atoms with Crippen LogP contribution in [0.25, 0.3) is 0 Å². The maximum Gasteiger partial charge on any atom is 0.337 e. The zero-order valence-electron chi connectivity index (χ0n) is 21.0. The highest BCUT2D eigenvalue weighted by Crippen LogP contribution is 2.27. The van der Waals surface area contributed by atoms with Gasteiger partial charge >= 0.3 is 5.97 Å². The van der Waals surface area contributed by atoms with Crippen LogP contribution < -0.4 is 14.3 Å². The molecule has 0 saturated carbocycles. The lowest BCUT2D eigenvalue weighted by Crippen LogP contribution is -2.39. The van der Waals surface area contributed by atoms with E-state index >= 15 is 0 Å². The number of rotatable bonds is 11. The first-order valence-corrected chi connectivity index (χ1v) is 14.9. The van der Waals surface area contributed by atoms with Crippen LogP contribution in [-0.4, -0.2) is 46.9 Å². The molecule has 0 aliphatic rings. The zero-order chi connectivity index (χ0) is 28.8. The third kappa shape index (κ3) is 6.37. The molecule has 0 unspecified atom stereocenters. The van der Waals surface area contributed by atoms with E-state index in [0.717, 1.165) is 4.31 Å². The standard InChI is InChI=1S/C28H25N3O7S2/c32-27(30-25-17-9-7-15-23(25)28(33)34)24-16-8-10-18-26(24)40(37,38)31(21-11-3-1-4-12-21)20-19-29-39(35,36)22-13-5-2-6-14-22/h1-18,29H,19-20H2,(H,30,32)(H,33,34). The molecule has 4 aromatic carbocycles. The number of nitrogens with one attached hydrogen (secondary N) is 2. The summed E-state index contributed by atoms with van der Waals surface area (Å²) in [6.45, 7) is -0.540. The third-order valence-corrected chi connectivity index (χ3v) is 9.17. The van der Waals surface area contributed by atoms with E-state index in [1.54, 1.807) is 54.6 Å². The Morgan fingerprint density at radius 3 is 1.90 bits per heavy atom. The van der Waals surface area contributed by atoms with Gasteiger partial charge in [-0.05, 0) is 48.5 Å². The topological polar surface area (TPSA) is 150 Å². The first-order valence-electron chi connectivity index (χ1n) is 12.0. The van der Waals surface area contributed by atoms with Crippen molar-refractivity contribution < 1.29 is 31.5 Å². The predicted molar refractivity (Wildman–Crippen MR) is 150 cm³/mol. The predicted octanol–water partition coefficient (Wildman–Crippen LogP) is 3.81. The summed E-state index contributed by atoms with van der Waals surface area (Å²) >= 11 is 0. The number of carboxylic acids is 1. The van der Waals surface area contributed by atoms with Gasteiger partial charge in [-0.25, -0.2) is 26.4 Å². The number of carbonyl (C=O) groups is 2. The maximum absolute atomic E-state index is 14.0. The summed E-state index contributed by atoms with van der Waals surface area (Å²) < 4.78 is 56.8. The van der Waals surface area contributed by atoms with Gasteiger partial charge in [0.1, 0.15) is 4.90 Å². The second kappa shape index (κ2) is 12.1. The summed E-state index contributed by atoms with van der Waals surface area (Å²) in [7, 11) is -8.31. The molecule has 0 fully saturated rings. The van der Waals surface area contributed by atoms with Gasteiger partial charge in [0.15, 0.2) is 0 Å². The number of nitrogens with zero attached hydrogens (tertiary/aromatic N) is 1. The van der Waals surface area contributed by atoms with Crippen LogP contribution in [-0.2, 0) is 20.0 Å². The van der Waals surface area contributed by atoms with E-state index in [4.69, 9.17) is 0 Å². The van der Waals surface area contributed by atoms with Crippen LogP contribution in [0.1, 0.15) is 20.7 Å². The van der Waals surface area contributed by atoms with E-state index in [1.807, 2.05) is 0 Å². The van der Waals surface area contributed by atoms with Crippen LogP contribution >= 0.6 is 0 Å². The Balaban J connectivity index is 1.66. The van der Waals surface area contributed by atoms with Gasteiger partial charge < -0.3 is 10.4 Å². The Morgan fingerprint density at radius 1 is 0.700 bits per heavy atom. The first kappa shape index (κ1) is 28.5. The van der Waals surface area contributed by atoms with Crippen molar-refractivity contribution in [1.82, 2.24) is 4.72 Å². The molecule has 4 rings (SSSR count). The van der Waals surface area contributed by atoms with Crippen molar-refractivity contribution in [3.8, 4) is 0 Å². The van der Waals surface area contributed by atoms with Crippen LogP contribution in [0.3, 0.4) is 0 Å². The fourth-order valence-corrected chi connectivity index (χ4v) is 6.61. The number of carboxylic acid groups (broad SMARTS) is 1. The number of amides is 1. The fraction of sp³-hybridized carbons (Fsp3) is 0.0714. The number of benzene rings is 4. The third-order valence-electron chi connectivity index (χ3n) is 5.81. The molecular weight excluding hydrogens is 554 g/mol. The molecule has 10 nitrogen and oxygen atoms in total. The van der Waals surface area contributed by atoms with Crippen molar-refractivity contribution in [2.45, 2.75) is 9.79 Å². The molecule has 0 aromatic heterocycles. The van der Waals surface area contributed by atoms with Crippen molar-refractivity contribution in [1.29, 1.82) is 0 Å². The molecule has 12 heteroatoms. The van der Waals surface area contributed by atoms with Crippen LogP contribution in [0.5, 0.6) is 0 Å². The van der Waals surface area contributed by atoms with E-state index in [-0.39, 0.29) is 45.4 Å². The minimum Gasteiger partial charge on any atom is -0.478 e. The molecule has 4 aromatic rings. The zero-order valence-corrected chi connectivity index (χ0v) is 22.6. The van der Waals surface area contributed by atoms with E-state index < -0.39 is 31.9 Å². The molecule has 3 N–H and O–H groups in total. The molecule has 0 radical (unpaired) electrons. The quantitative estimate of drug-likeness (QED) is 0.245. The minimum atomic E-state index is -4.41. The molecule has 0 aliphatic carbocycles. The number of para-hydroxylation sites is 2. The summed E-state index contributed by atoms with van der Waals surface area (Å²) in [4.78, 5) is 24.5. The molecular formula is C28H25N3O7S2. The number of hydrogen-bond donors (Lipinski definition) is 3. The van der Waals surface area contributed by atoms with Gasteiger partial charge in [-0.1, -0.05) is 60.7 Å². The summed E-state index contributed by atoms with van der Waals surface area (Å²) in [5, 5.41) is 11.9. The lowest BCUT2D eigenvalue weighted by atomic mass is 10.1. The van der Waals surface area contributed by atoms with Gasteiger partial charge in [0.2, 0.25) is 10.0 Å². The fourth-order valence-electron chi connectivity index (χ4n) is 3.91. The molecule has 40 heavy (non-hydrogen) atoms. The summed E-state index contributed by atoms with van der Waals surface area (Å²) in [5.74, 6) is -2.09. The lowest BCUT2D eigenvalue weighted by molar-refractivity contribution is 0.0698. The number of aromatic carboxylic acids is 1. The Bertz CT molecular complexity index is 1730. The minimum absolute atomic E-state index is 0.00225. The monoisotopic (exact) mass is 579 g/mol. The summed E-state index contributed by atoms with van der Waals surface area (Å²) in [5.41, 5.74) is -0.114. The van der Waals surface area contributed by atoms with E-state index in [9.17, 15) is 31.5 Å². The normalized spacial score (nSPS) is 11.5. The lowest BCUT2D eigenvalue weighted by Gasteiger charge is -2.25. The largest absolute Gasteiger partial charge is 0.478 e. The van der Waals surface area contributed by atoms with Crippen molar-refractivity contribution in [2.24, 2.45) is 0 Å². The molecule has 1 amide bonds. The van der Waals surface area contributed by atoms with E-state index in [0.29, 0.717) is 0 Å². The number of carbonyl (C=O) groups excluding carboxylic acids is 1. The highest BCUT2D eigenvalue weighted by Gasteiger charge is 2.30. The van der Waals surface area contributed by atoms with Crippen LogP contribution in [0.2, 0.25) is 0 Å². The number of anilines is 2. The van der Waals surface area contributed by atoms with Gasteiger partial charge in [0.05, 0.1) is 27.4 Å². The van der Waals surface area contributed by atoms with E-state index in [2.05, 4.69) is 10.0 Å². The Morgan fingerprint density at radius 2 is 1.25 bits per heavy atom. The van der Waals surface area contributed by atoms with Crippen molar-refractivity contribution in [3.63, 3.8) is 0 Å². The first-order chi connectivity index (χ1) is 19.1. The highest BCUT2D eigenvalue weighted by molar-refractivity contribution is 7.93. The number of hydrogen-bond acceptors (Lipinski definition) is 6. The molecule has 0 spiro atoms.